The molecule has 0 radical (unpaired) electrons. The van der Waals surface area contributed by atoms with Gasteiger partial charge in [0.15, 0.2) is 5.11 Å². The number of methoxy groups -OCH3 is 1. The lowest BCUT2D eigenvalue weighted by atomic mass is 10.1. The summed E-state index contributed by atoms with van der Waals surface area (Å²) in [7, 11) is 1.60. The minimum Gasteiger partial charge on any atom is -0.497 e. The van der Waals surface area contributed by atoms with Gasteiger partial charge < -0.3 is 24.6 Å². The first-order chi connectivity index (χ1) is 21.9. The van der Waals surface area contributed by atoms with Crippen molar-refractivity contribution in [3.8, 4) is 11.5 Å². The quantitative estimate of drug-likeness (QED) is 0.237. The molecule has 3 aromatic rings. The molecular formula is C34H40ClN5O4S. The molecule has 45 heavy (non-hydrogen) atoms. The highest BCUT2D eigenvalue weighted by atomic mass is 35.5. The van der Waals surface area contributed by atoms with Crippen molar-refractivity contribution in [3.63, 3.8) is 0 Å². The maximum atomic E-state index is 13.8. The van der Waals surface area contributed by atoms with Crippen molar-refractivity contribution in [3.05, 3.63) is 77.8 Å². The van der Waals surface area contributed by atoms with Gasteiger partial charge in [-0.2, -0.15) is 0 Å². The molecule has 0 aromatic heterocycles. The summed E-state index contributed by atoms with van der Waals surface area (Å²) >= 11 is 12.1. The number of nitrogens with zero attached hydrogens (tertiary/aromatic N) is 4. The predicted molar refractivity (Wildman–Crippen MR) is 184 cm³/mol. The molecule has 5 rings (SSSR count). The number of nitrogens with one attached hydrogen (secondary N) is 1. The van der Waals surface area contributed by atoms with Crippen LogP contribution in [0.5, 0.6) is 11.5 Å². The fourth-order valence-electron chi connectivity index (χ4n) is 5.67. The average molecular weight is 650 g/mol. The number of amides is 2. The van der Waals surface area contributed by atoms with E-state index < -0.39 is 6.04 Å². The average Bonchev–Trinajstić information content (AvgIpc) is 3.28. The van der Waals surface area contributed by atoms with Crippen LogP contribution in [0.25, 0.3) is 0 Å². The van der Waals surface area contributed by atoms with Gasteiger partial charge in [0, 0.05) is 49.1 Å². The predicted octanol–water partition coefficient (Wildman–Crippen LogP) is 5.68. The van der Waals surface area contributed by atoms with Crippen LogP contribution in [-0.4, -0.2) is 85.8 Å². The number of ether oxygens (including phenoxy) is 2. The molecule has 2 aliphatic rings. The summed E-state index contributed by atoms with van der Waals surface area (Å²) in [5, 5.41) is 4.09. The summed E-state index contributed by atoms with van der Waals surface area (Å²) in [5.41, 5.74) is 2.44. The van der Waals surface area contributed by atoms with E-state index in [-0.39, 0.29) is 18.2 Å². The number of piperazine rings is 1. The number of anilines is 3. The van der Waals surface area contributed by atoms with Gasteiger partial charge in [0.2, 0.25) is 5.91 Å². The molecule has 0 spiro atoms. The van der Waals surface area contributed by atoms with Crippen molar-refractivity contribution in [1.29, 1.82) is 0 Å². The van der Waals surface area contributed by atoms with E-state index in [1.54, 1.807) is 31.4 Å². The van der Waals surface area contributed by atoms with Crippen molar-refractivity contribution >= 4 is 57.8 Å². The second-order valence-corrected chi connectivity index (χ2v) is 12.0. The van der Waals surface area contributed by atoms with Crippen molar-refractivity contribution in [2.45, 2.75) is 32.2 Å². The highest BCUT2D eigenvalue weighted by Gasteiger charge is 2.44. The largest absolute Gasteiger partial charge is 0.497 e. The molecule has 2 heterocycles. The Morgan fingerprint density at radius 1 is 0.956 bits per heavy atom. The van der Waals surface area contributed by atoms with Gasteiger partial charge in [-0.25, -0.2) is 0 Å². The van der Waals surface area contributed by atoms with Gasteiger partial charge in [-0.3, -0.25) is 19.4 Å². The Hall–Kier alpha value is -3.86. The Bertz CT molecular complexity index is 1460. The molecule has 2 saturated heterocycles. The third kappa shape index (κ3) is 8.25. The minimum absolute atomic E-state index is 0.0158. The second-order valence-electron chi connectivity index (χ2n) is 11.2. The summed E-state index contributed by atoms with van der Waals surface area (Å²) in [6.07, 6.45) is 1.71. The fourth-order valence-corrected chi connectivity index (χ4v) is 6.26. The van der Waals surface area contributed by atoms with E-state index in [9.17, 15) is 9.59 Å². The van der Waals surface area contributed by atoms with Crippen molar-refractivity contribution in [2.24, 2.45) is 0 Å². The molecule has 3 aromatic carbocycles. The number of carbonyl (C=O) groups is 2. The van der Waals surface area contributed by atoms with E-state index >= 15 is 0 Å². The molecule has 1 atom stereocenters. The highest BCUT2D eigenvalue weighted by Crippen LogP contribution is 2.29. The number of thiocarbonyl (C=S) groups is 1. The van der Waals surface area contributed by atoms with Gasteiger partial charge in [0.25, 0.3) is 5.91 Å². The number of halogens is 1. The summed E-state index contributed by atoms with van der Waals surface area (Å²) in [6.45, 7) is 7.81. The summed E-state index contributed by atoms with van der Waals surface area (Å²) in [6, 6.07) is 21.7. The van der Waals surface area contributed by atoms with Crippen LogP contribution in [0.2, 0.25) is 5.02 Å². The first-order valence-electron chi connectivity index (χ1n) is 15.4. The zero-order chi connectivity index (χ0) is 31.8. The minimum atomic E-state index is -0.702. The van der Waals surface area contributed by atoms with Gasteiger partial charge >= 0.3 is 0 Å². The van der Waals surface area contributed by atoms with Crippen molar-refractivity contribution < 1.29 is 19.1 Å². The van der Waals surface area contributed by atoms with Crippen LogP contribution in [0.15, 0.2) is 72.8 Å². The van der Waals surface area contributed by atoms with Gasteiger partial charge in [0.05, 0.1) is 25.8 Å². The maximum absolute atomic E-state index is 13.8. The topological polar surface area (TPSA) is 77.6 Å². The number of benzene rings is 3. The van der Waals surface area contributed by atoms with E-state index in [0.717, 1.165) is 62.0 Å². The van der Waals surface area contributed by atoms with E-state index in [2.05, 4.69) is 21.2 Å². The SMILES string of the molecule is CCCOc1ccc(NC(=O)C[C@@H]2C(=O)N(c3ccc(OC)cc3)C(=S)N2CCCN2CCN(c3cccc(Cl)c3)CC2)cc1. The highest BCUT2D eigenvalue weighted by molar-refractivity contribution is 7.80. The van der Waals surface area contributed by atoms with Gasteiger partial charge in [-0.05, 0) is 98.3 Å². The zero-order valence-electron chi connectivity index (χ0n) is 25.8. The Labute approximate surface area is 275 Å². The van der Waals surface area contributed by atoms with Crippen LogP contribution in [0.4, 0.5) is 17.1 Å². The first-order valence-corrected chi connectivity index (χ1v) is 16.2. The maximum Gasteiger partial charge on any atom is 0.256 e. The lowest BCUT2D eigenvalue weighted by molar-refractivity contribution is -0.124. The van der Waals surface area contributed by atoms with E-state index in [1.165, 1.54) is 4.90 Å². The standard InChI is InChI=1S/C34H40ClN5O4S/c1-3-22-44-30-12-8-26(9-13-30)36-32(41)24-31-33(42)40(27-10-14-29(43-2)15-11-27)34(45)39(31)17-5-16-37-18-20-38(21-19-37)28-7-4-6-25(35)23-28/h4,6-15,23,31H,3,5,16-22,24H2,1-2H3,(H,36,41)/t31-/m1/s1. The molecule has 2 amide bonds. The first kappa shape index (κ1) is 32.5. The summed E-state index contributed by atoms with van der Waals surface area (Å²) < 4.78 is 10.9. The lowest BCUT2D eigenvalue weighted by Crippen LogP contribution is -2.47. The normalized spacial score (nSPS) is 17.1. The Balaban J connectivity index is 1.22. The van der Waals surface area contributed by atoms with Crippen LogP contribution in [0.3, 0.4) is 0 Å². The zero-order valence-corrected chi connectivity index (χ0v) is 27.4. The van der Waals surface area contributed by atoms with Crippen molar-refractivity contribution in [1.82, 2.24) is 9.80 Å². The third-order valence-corrected chi connectivity index (χ3v) is 8.71. The smallest absolute Gasteiger partial charge is 0.256 e. The summed E-state index contributed by atoms with van der Waals surface area (Å²) in [4.78, 5) is 35.3. The van der Waals surface area contributed by atoms with Crippen LogP contribution in [0, 0.1) is 0 Å². The molecule has 0 bridgehead atoms. The van der Waals surface area contributed by atoms with Crippen LogP contribution >= 0.6 is 23.8 Å². The number of carbonyl (C=O) groups excluding carboxylic acids is 2. The van der Waals surface area contributed by atoms with Gasteiger partial charge in [-0.1, -0.05) is 24.6 Å². The van der Waals surface area contributed by atoms with Gasteiger partial charge in [0.1, 0.15) is 17.5 Å². The molecule has 238 valence electrons. The number of rotatable bonds is 13. The molecule has 2 fully saturated rings. The van der Waals surface area contributed by atoms with E-state index in [4.69, 9.17) is 33.3 Å². The molecular weight excluding hydrogens is 610 g/mol. The summed E-state index contributed by atoms with van der Waals surface area (Å²) in [5.74, 6) is 0.972. The van der Waals surface area contributed by atoms with Crippen molar-refractivity contribution in [2.75, 3.05) is 68.1 Å². The second kappa shape index (κ2) is 15.4. The lowest BCUT2D eigenvalue weighted by Gasteiger charge is -2.36. The van der Waals surface area contributed by atoms with Crippen LogP contribution in [-0.2, 0) is 9.59 Å². The van der Waals surface area contributed by atoms with E-state index in [1.807, 2.05) is 54.3 Å². The van der Waals surface area contributed by atoms with Crippen LogP contribution in [0.1, 0.15) is 26.2 Å². The molecule has 2 aliphatic heterocycles. The number of hydrogen-bond acceptors (Lipinski definition) is 7. The van der Waals surface area contributed by atoms with E-state index in [0.29, 0.717) is 35.4 Å². The Morgan fingerprint density at radius 2 is 1.67 bits per heavy atom. The molecule has 0 aliphatic carbocycles. The molecule has 9 nitrogen and oxygen atoms in total. The Morgan fingerprint density at radius 3 is 2.33 bits per heavy atom. The molecule has 11 heteroatoms. The Kier molecular flexibility index (Phi) is 11.2. The van der Waals surface area contributed by atoms with Crippen LogP contribution < -0.4 is 24.6 Å². The number of hydrogen-bond donors (Lipinski definition) is 1. The van der Waals surface area contributed by atoms with Gasteiger partial charge in [-0.15, -0.1) is 0 Å². The third-order valence-electron chi connectivity index (χ3n) is 8.06. The molecule has 1 N–H and O–H groups in total. The fraction of sp³-hybridized carbons (Fsp3) is 0.382. The molecule has 0 saturated carbocycles. The molecule has 0 unspecified atom stereocenters. The monoisotopic (exact) mass is 649 g/mol.